The van der Waals surface area contributed by atoms with Crippen molar-refractivity contribution in [3.8, 4) is 11.1 Å². The SMILES string of the molecule is Cn1cc(-c2ccc(=O)n(CS(C)(=O)=O)c2)ccc1=O. The van der Waals surface area contributed by atoms with Crippen LogP contribution >= 0.6 is 0 Å². The Morgan fingerprint density at radius 2 is 1.50 bits per heavy atom. The fourth-order valence-electron chi connectivity index (χ4n) is 1.82. The van der Waals surface area contributed by atoms with E-state index in [9.17, 15) is 18.0 Å². The van der Waals surface area contributed by atoms with Crippen molar-refractivity contribution in [1.29, 1.82) is 0 Å². The van der Waals surface area contributed by atoms with E-state index in [-0.39, 0.29) is 17.0 Å². The van der Waals surface area contributed by atoms with E-state index in [1.807, 2.05) is 0 Å². The first-order chi connectivity index (χ1) is 9.26. The lowest BCUT2D eigenvalue weighted by molar-refractivity contribution is 0.588. The van der Waals surface area contributed by atoms with Crippen LogP contribution in [0.25, 0.3) is 11.1 Å². The standard InChI is InChI=1S/C13H14N2O4S/c1-14-7-10(3-5-12(14)16)11-4-6-13(17)15(8-11)9-20(2,18)19/h3-8H,9H2,1-2H3. The molecule has 0 saturated carbocycles. The van der Waals surface area contributed by atoms with Crippen molar-refractivity contribution in [1.82, 2.24) is 9.13 Å². The van der Waals surface area contributed by atoms with Gasteiger partial charge in [0.2, 0.25) is 5.56 Å². The predicted molar refractivity (Wildman–Crippen MR) is 76.2 cm³/mol. The third-order valence-corrected chi connectivity index (χ3v) is 3.52. The van der Waals surface area contributed by atoms with Gasteiger partial charge in [0.25, 0.3) is 5.56 Å². The van der Waals surface area contributed by atoms with E-state index in [4.69, 9.17) is 0 Å². The van der Waals surface area contributed by atoms with Gasteiger partial charge in [-0.05, 0) is 23.3 Å². The summed E-state index contributed by atoms with van der Waals surface area (Å²) in [7, 11) is -1.68. The summed E-state index contributed by atoms with van der Waals surface area (Å²) in [6.45, 7) is 0. The first kappa shape index (κ1) is 14.3. The number of nitrogens with zero attached hydrogens (tertiary/aromatic N) is 2. The molecular weight excluding hydrogens is 280 g/mol. The summed E-state index contributed by atoms with van der Waals surface area (Å²) in [6.07, 6.45) is 4.18. The Hall–Kier alpha value is -2.15. The quantitative estimate of drug-likeness (QED) is 0.811. The van der Waals surface area contributed by atoms with E-state index >= 15 is 0 Å². The molecule has 0 spiro atoms. The first-order valence-corrected chi connectivity index (χ1v) is 7.87. The molecule has 0 unspecified atom stereocenters. The van der Waals surface area contributed by atoms with Crippen molar-refractivity contribution in [2.75, 3.05) is 6.26 Å². The maximum Gasteiger partial charge on any atom is 0.251 e. The Bertz CT molecular complexity index is 862. The van der Waals surface area contributed by atoms with Gasteiger partial charge in [0.05, 0.1) is 0 Å². The van der Waals surface area contributed by atoms with E-state index in [1.165, 1.54) is 22.9 Å². The van der Waals surface area contributed by atoms with Crippen LogP contribution in [0.1, 0.15) is 0 Å². The topological polar surface area (TPSA) is 78.1 Å². The molecule has 0 saturated heterocycles. The Balaban J connectivity index is 2.53. The molecule has 0 radical (unpaired) electrons. The molecule has 106 valence electrons. The maximum absolute atomic E-state index is 11.6. The Kier molecular flexibility index (Phi) is 3.63. The summed E-state index contributed by atoms with van der Waals surface area (Å²) in [5.74, 6) is -0.370. The molecule has 0 N–H and O–H groups in total. The zero-order valence-corrected chi connectivity index (χ0v) is 11.9. The number of hydrogen-bond acceptors (Lipinski definition) is 4. The minimum Gasteiger partial charge on any atom is -0.318 e. The lowest BCUT2D eigenvalue weighted by Gasteiger charge is -2.08. The Morgan fingerprint density at radius 1 is 0.950 bits per heavy atom. The minimum atomic E-state index is -3.31. The zero-order valence-electron chi connectivity index (χ0n) is 11.1. The number of hydrogen-bond donors (Lipinski definition) is 0. The fourth-order valence-corrected chi connectivity index (χ4v) is 2.53. The van der Waals surface area contributed by atoms with Crippen LogP contribution in [0, 0.1) is 0 Å². The largest absolute Gasteiger partial charge is 0.318 e. The van der Waals surface area contributed by atoms with E-state index in [0.29, 0.717) is 5.56 Å². The second-order valence-electron chi connectivity index (χ2n) is 4.65. The van der Waals surface area contributed by atoms with E-state index in [1.54, 1.807) is 25.4 Å². The number of pyridine rings is 2. The summed E-state index contributed by atoms with van der Waals surface area (Å²) in [5.41, 5.74) is 0.875. The van der Waals surface area contributed by atoms with E-state index < -0.39 is 9.84 Å². The molecule has 2 aromatic heterocycles. The van der Waals surface area contributed by atoms with Crippen LogP contribution in [0.4, 0.5) is 0 Å². The van der Waals surface area contributed by atoms with Crippen LogP contribution in [0.3, 0.4) is 0 Å². The molecule has 0 amide bonds. The van der Waals surface area contributed by atoms with Gasteiger partial charge < -0.3 is 9.13 Å². The van der Waals surface area contributed by atoms with Crippen molar-refractivity contribution in [2.45, 2.75) is 5.88 Å². The van der Waals surface area contributed by atoms with Crippen molar-refractivity contribution in [2.24, 2.45) is 7.05 Å². The molecule has 20 heavy (non-hydrogen) atoms. The smallest absolute Gasteiger partial charge is 0.251 e. The second-order valence-corrected chi connectivity index (χ2v) is 6.76. The monoisotopic (exact) mass is 294 g/mol. The average molecular weight is 294 g/mol. The lowest BCUT2D eigenvalue weighted by atomic mass is 10.1. The van der Waals surface area contributed by atoms with Gasteiger partial charge in [0.15, 0.2) is 9.84 Å². The number of sulfone groups is 1. The molecule has 2 rings (SSSR count). The van der Waals surface area contributed by atoms with Crippen LogP contribution in [-0.4, -0.2) is 23.8 Å². The molecule has 0 aliphatic carbocycles. The van der Waals surface area contributed by atoms with Crippen LogP contribution in [0.2, 0.25) is 0 Å². The van der Waals surface area contributed by atoms with Crippen LogP contribution < -0.4 is 11.1 Å². The van der Waals surface area contributed by atoms with Crippen molar-refractivity contribution < 1.29 is 8.42 Å². The van der Waals surface area contributed by atoms with Gasteiger partial charge in [-0.2, -0.15) is 0 Å². The molecule has 0 aliphatic heterocycles. The third-order valence-electron chi connectivity index (χ3n) is 2.78. The number of rotatable bonds is 3. The summed E-state index contributed by atoms with van der Waals surface area (Å²) in [4.78, 5) is 23.0. The molecule has 7 heteroatoms. The molecule has 0 aromatic carbocycles. The molecule has 2 heterocycles. The zero-order chi connectivity index (χ0) is 14.9. The fraction of sp³-hybridized carbons (Fsp3) is 0.231. The predicted octanol–water partition coefficient (Wildman–Crippen LogP) is 0.216. The van der Waals surface area contributed by atoms with Crippen LogP contribution in [-0.2, 0) is 22.8 Å². The highest BCUT2D eigenvalue weighted by Crippen LogP contribution is 2.15. The number of aromatic nitrogens is 2. The van der Waals surface area contributed by atoms with E-state index in [2.05, 4.69) is 0 Å². The molecule has 2 aromatic rings. The van der Waals surface area contributed by atoms with Crippen molar-refractivity contribution in [3.05, 3.63) is 57.4 Å². The highest BCUT2D eigenvalue weighted by molar-refractivity contribution is 7.89. The van der Waals surface area contributed by atoms with Gasteiger partial charge in [-0.25, -0.2) is 8.42 Å². The minimum absolute atomic E-state index is 0.141. The Morgan fingerprint density at radius 3 is 2.05 bits per heavy atom. The van der Waals surface area contributed by atoms with Crippen molar-refractivity contribution >= 4 is 9.84 Å². The van der Waals surface area contributed by atoms with Gasteiger partial charge in [-0.1, -0.05) is 0 Å². The van der Waals surface area contributed by atoms with Gasteiger partial charge in [0, 0.05) is 37.8 Å². The highest BCUT2D eigenvalue weighted by atomic mass is 32.2. The van der Waals surface area contributed by atoms with Gasteiger partial charge in [0.1, 0.15) is 5.88 Å². The summed E-state index contributed by atoms with van der Waals surface area (Å²) >= 11 is 0. The van der Waals surface area contributed by atoms with Gasteiger partial charge in [-0.3, -0.25) is 9.59 Å². The first-order valence-electron chi connectivity index (χ1n) is 5.81. The van der Waals surface area contributed by atoms with Crippen LogP contribution in [0.15, 0.2) is 46.2 Å². The van der Waals surface area contributed by atoms with Gasteiger partial charge in [-0.15, -0.1) is 0 Å². The summed E-state index contributed by atoms with van der Waals surface area (Å²) in [6, 6.07) is 5.96. The summed E-state index contributed by atoms with van der Waals surface area (Å²) in [5, 5.41) is 0. The molecule has 0 bridgehead atoms. The Labute approximate surface area is 115 Å². The molecule has 6 nitrogen and oxygen atoms in total. The molecule has 0 fully saturated rings. The van der Waals surface area contributed by atoms with Gasteiger partial charge >= 0.3 is 0 Å². The molecule has 0 aliphatic rings. The third kappa shape index (κ3) is 3.24. The lowest BCUT2D eigenvalue weighted by Crippen LogP contribution is -2.22. The maximum atomic E-state index is 11.6. The summed E-state index contributed by atoms with van der Waals surface area (Å²) < 4.78 is 25.1. The number of aryl methyl sites for hydroxylation is 1. The highest BCUT2D eigenvalue weighted by Gasteiger charge is 2.07. The van der Waals surface area contributed by atoms with E-state index in [0.717, 1.165) is 16.4 Å². The molecular formula is C13H14N2O4S. The average Bonchev–Trinajstić information content (AvgIpc) is 2.34. The van der Waals surface area contributed by atoms with Crippen molar-refractivity contribution in [3.63, 3.8) is 0 Å². The second kappa shape index (κ2) is 5.09. The normalized spacial score (nSPS) is 11.5. The molecule has 0 atom stereocenters. The van der Waals surface area contributed by atoms with Crippen LogP contribution in [0.5, 0.6) is 0 Å².